The molecule has 0 aliphatic heterocycles. The highest BCUT2D eigenvalue weighted by molar-refractivity contribution is 5.30. The van der Waals surface area contributed by atoms with Gasteiger partial charge in [-0.3, -0.25) is 0 Å². The standard InChI is InChI=1S/C17H30/c1-8-14-9-10-15(13(2)11-14)17(6,7)12-16(3,4)5/h9-10,13H,8,11-12H2,1-7H3. The summed E-state index contributed by atoms with van der Waals surface area (Å²) in [4.78, 5) is 0. The van der Waals surface area contributed by atoms with Crippen LogP contribution >= 0.6 is 0 Å². The Balaban J connectivity index is 2.91. The lowest BCUT2D eigenvalue weighted by atomic mass is 9.66. The van der Waals surface area contributed by atoms with Gasteiger partial charge in [-0.25, -0.2) is 0 Å². The van der Waals surface area contributed by atoms with E-state index in [0.29, 0.717) is 16.7 Å². The molecular weight excluding hydrogens is 204 g/mol. The molecule has 1 aliphatic carbocycles. The summed E-state index contributed by atoms with van der Waals surface area (Å²) in [6.07, 6.45) is 8.48. The monoisotopic (exact) mass is 234 g/mol. The molecule has 98 valence electrons. The minimum Gasteiger partial charge on any atom is -0.0699 e. The molecular formula is C17H30. The van der Waals surface area contributed by atoms with Crippen molar-refractivity contribution in [2.24, 2.45) is 16.7 Å². The predicted octanol–water partition coefficient (Wildman–Crippen LogP) is 5.75. The molecule has 0 fully saturated rings. The maximum absolute atomic E-state index is 2.41. The van der Waals surface area contributed by atoms with Crippen molar-refractivity contribution >= 4 is 0 Å². The van der Waals surface area contributed by atoms with Crippen molar-refractivity contribution in [2.45, 2.75) is 67.7 Å². The van der Waals surface area contributed by atoms with E-state index in [1.807, 2.05) is 0 Å². The molecule has 0 amide bonds. The molecule has 0 radical (unpaired) electrons. The minimum atomic E-state index is 0.327. The maximum Gasteiger partial charge on any atom is -0.0134 e. The zero-order chi connectivity index (χ0) is 13.3. The summed E-state index contributed by atoms with van der Waals surface area (Å²) >= 11 is 0. The van der Waals surface area contributed by atoms with Crippen molar-refractivity contribution in [3.05, 3.63) is 23.3 Å². The van der Waals surface area contributed by atoms with Crippen LogP contribution < -0.4 is 0 Å². The van der Waals surface area contributed by atoms with Crippen LogP contribution in [0.3, 0.4) is 0 Å². The Labute approximate surface area is 108 Å². The van der Waals surface area contributed by atoms with Crippen LogP contribution in [0.2, 0.25) is 0 Å². The first-order valence-electron chi connectivity index (χ1n) is 7.06. The second-order valence-electron chi connectivity index (χ2n) is 7.53. The van der Waals surface area contributed by atoms with Gasteiger partial charge in [-0.05, 0) is 36.0 Å². The van der Waals surface area contributed by atoms with Crippen LogP contribution in [0.5, 0.6) is 0 Å². The summed E-state index contributed by atoms with van der Waals surface area (Å²) in [6.45, 7) is 16.5. The van der Waals surface area contributed by atoms with Gasteiger partial charge >= 0.3 is 0 Å². The Hall–Kier alpha value is -0.520. The third kappa shape index (κ3) is 4.01. The zero-order valence-corrected chi connectivity index (χ0v) is 12.9. The third-order valence-corrected chi connectivity index (χ3v) is 3.81. The van der Waals surface area contributed by atoms with Gasteiger partial charge in [0.05, 0.1) is 0 Å². The lowest BCUT2D eigenvalue weighted by Gasteiger charge is -2.38. The van der Waals surface area contributed by atoms with Crippen molar-refractivity contribution in [3.8, 4) is 0 Å². The Morgan fingerprint density at radius 1 is 1.12 bits per heavy atom. The SMILES string of the molecule is CCC1=CC=C(C(C)(C)CC(C)(C)C)C(C)C1. The molecule has 1 unspecified atom stereocenters. The molecule has 0 aromatic heterocycles. The molecule has 0 bridgehead atoms. The second kappa shape index (κ2) is 5.00. The second-order valence-corrected chi connectivity index (χ2v) is 7.53. The molecule has 0 aromatic carbocycles. The van der Waals surface area contributed by atoms with E-state index in [1.165, 1.54) is 19.3 Å². The van der Waals surface area contributed by atoms with Crippen molar-refractivity contribution < 1.29 is 0 Å². The van der Waals surface area contributed by atoms with Crippen molar-refractivity contribution in [2.75, 3.05) is 0 Å². The van der Waals surface area contributed by atoms with Gasteiger partial charge in [-0.1, -0.05) is 71.8 Å². The molecule has 1 aliphatic rings. The summed E-state index contributed by atoms with van der Waals surface area (Å²) in [5.41, 5.74) is 3.98. The molecule has 0 heterocycles. The highest BCUT2D eigenvalue weighted by Gasteiger charge is 2.32. The molecule has 0 aromatic rings. The van der Waals surface area contributed by atoms with Crippen LogP contribution in [-0.2, 0) is 0 Å². The molecule has 0 nitrogen and oxygen atoms in total. The smallest absolute Gasteiger partial charge is 0.0134 e. The van der Waals surface area contributed by atoms with Gasteiger partial charge in [0.25, 0.3) is 0 Å². The Morgan fingerprint density at radius 2 is 1.71 bits per heavy atom. The van der Waals surface area contributed by atoms with Crippen LogP contribution in [0.1, 0.15) is 67.7 Å². The van der Waals surface area contributed by atoms with E-state index >= 15 is 0 Å². The van der Waals surface area contributed by atoms with E-state index in [0.717, 1.165) is 0 Å². The first-order valence-corrected chi connectivity index (χ1v) is 7.06. The maximum atomic E-state index is 2.41. The Morgan fingerprint density at radius 3 is 2.12 bits per heavy atom. The minimum absolute atomic E-state index is 0.327. The fourth-order valence-corrected chi connectivity index (χ4v) is 3.53. The first kappa shape index (κ1) is 14.5. The van der Waals surface area contributed by atoms with Crippen LogP contribution in [-0.4, -0.2) is 0 Å². The number of allylic oxidation sites excluding steroid dienone is 4. The summed E-state index contributed by atoms with van der Waals surface area (Å²) in [6, 6.07) is 0. The van der Waals surface area contributed by atoms with E-state index in [-0.39, 0.29) is 0 Å². The molecule has 0 N–H and O–H groups in total. The highest BCUT2D eigenvalue weighted by Crippen LogP contribution is 2.44. The number of rotatable bonds is 3. The summed E-state index contributed by atoms with van der Waals surface area (Å²) in [7, 11) is 0. The van der Waals surface area contributed by atoms with Gasteiger partial charge in [0.2, 0.25) is 0 Å². The number of hydrogen-bond donors (Lipinski definition) is 0. The van der Waals surface area contributed by atoms with E-state index < -0.39 is 0 Å². The van der Waals surface area contributed by atoms with Gasteiger partial charge in [0, 0.05) is 0 Å². The topological polar surface area (TPSA) is 0 Å². The van der Waals surface area contributed by atoms with E-state index in [1.54, 1.807) is 11.1 Å². The molecule has 0 heteroatoms. The Bertz CT molecular complexity index is 320. The molecule has 1 atom stereocenters. The largest absolute Gasteiger partial charge is 0.0699 e. The summed E-state index contributed by atoms with van der Waals surface area (Å²) in [5, 5.41) is 0. The van der Waals surface area contributed by atoms with Gasteiger partial charge in [-0.2, -0.15) is 0 Å². The van der Waals surface area contributed by atoms with E-state index in [9.17, 15) is 0 Å². The van der Waals surface area contributed by atoms with Crippen LogP contribution in [0.15, 0.2) is 23.3 Å². The van der Waals surface area contributed by atoms with Gasteiger partial charge in [0.1, 0.15) is 0 Å². The Kier molecular flexibility index (Phi) is 4.28. The van der Waals surface area contributed by atoms with Gasteiger partial charge < -0.3 is 0 Å². The van der Waals surface area contributed by atoms with E-state index in [2.05, 4.69) is 60.6 Å². The molecule has 17 heavy (non-hydrogen) atoms. The van der Waals surface area contributed by atoms with E-state index in [4.69, 9.17) is 0 Å². The molecule has 0 saturated carbocycles. The lowest BCUT2D eigenvalue weighted by Crippen LogP contribution is -2.27. The number of hydrogen-bond acceptors (Lipinski definition) is 0. The zero-order valence-electron chi connectivity index (χ0n) is 12.9. The van der Waals surface area contributed by atoms with Crippen LogP contribution in [0, 0.1) is 16.7 Å². The quantitative estimate of drug-likeness (QED) is 0.583. The average molecular weight is 234 g/mol. The first-order chi connectivity index (χ1) is 7.65. The predicted molar refractivity (Wildman–Crippen MR) is 78.1 cm³/mol. The van der Waals surface area contributed by atoms with Crippen molar-refractivity contribution in [1.82, 2.24) is 0 Å². The van der Waals surface area contributed by atoms with Gasteiger partial charge in [-0.15, -0.1) is 0 Å². The lowest BCUT2D eigenvalue weighted by molar-refractivity contribution is 0.234. The normalized spacial score (nSPS) is 22.2. The molecule has 0 saturated heterocycles. The van der Waals surface area contributed by atoms with Crippen molar-refractivity contribution in [1.29, 1.82) is 0 Å². The molecule has 1 rings (SSSR count). The van der Waals surface area contributed by atoms with Crippen LogP contribution in [0.25, 0.3) is 0 Å². The summed E-state index contributed by atoms with van der Waals surface area (Å²) < 4.78 is 0. The van der Waals surface area contributed by atoms with Crippen molar-refractivity contribution in [3.63, 3.8) is 0 Å². The fourth-order valence-electron chi connectivity index (χ4n) is 3.53. The highest BCUT2D eigenvalue weighted by atomic mass is 14.4. The molecule has 0 spiro atoms. The third-order valence-electron chi connectivity index (χ3n) is 3.81. The fraction of sp³-hybridized carbons (Fsp3) is 0.765. The average Bonchev–Trinajstić information content (AvgIpc) is 2.13. The van der Waals surface area contributed by atoms with Crippen LogP contribution in [0.4, 0.5) is 0 Å². The summed E-state index contributed by atoms with van der Waals surface area (Å²) in [5.74, 6) is 0.715. The van der Waals surface area contributed by atoms with Gasteiger partial charge in [0.15, 0.2) is 0 Å².